The smallest absolute Gasteiger partial charge is 0.183 e. The second-order valence-corrected chi connectivity index (χ2v) is 5.72. The molecule has 0 atom stereocenters. The molecule has 0 radical (unpaired) electrons. The standard InChI is InChI=1S/C14H13Cl2N3S/c1-11(7-8-13(15)16)9-20-14(18-10-17)19-12-5-3-2-4-6-12/h2-8H,9H2,1H3,(H,18,19). The Balaban J connectivity index is 2.70. The predicted octanol–water partition coefficient (Wildman–Crippen LogP) is 4.74. The first-order chi connectivity index (χ1) is 9.61. The third-order valence-electron chi connectivity index (χ3n) is 2.08. The number of halogens is 2. The monoisotopic (exact) mass is 325 g/mol. The summed E-state index contributed by atoms with van der Waals surface area (Å²) in [5, 5.41) is 11.9. The van der Waals surface area contributed by atoms with E-state index in [1.165, 1.54) is 11.8 Å². The van der Waals surface area contributed by atoms with Crippen LogP contribution < -0.4 is 5.32 Å². The number of thioether (sulfide) groups is 1. The Morgan fingerprint density at radius 3 is 2.65 bits per heavy atom. The Morgan fingerprint density at radius 1 is 1.35 bits per heavy atom. The van der Waals surface area contributed by atoms with E-state index in [0.29, 0.717) is 10.9 Å². The van der Waals surface area contributed by atoms with Gasteiger partial charge in [-0.05, 0) is 25.1 Å². The number of nitrogens with one attached hydrogen (secondary N) is 1. The second kappa shape index (κ2) is 9.49. The van der Waals surface area contributed by atoms with Crippen molar-refractivity contribution in [1.29, 1.82) is 5.26 Å². The van der Waals surface area contributed by atoms with E-state index in [2.05, 4.69) is 10.3 Å². The van der Waals surface area contributed by atoms with Gasteiger partial charge in [-0.2, -0.15) is 5.26 Å². The number of aliphatic imine (C=N–C) groups is 1. The molecule has 3 nitrogen and oxygen atoms in total. The van der Waals surface area contributed by atoms with Gasteiger partial charge in [0.15, 0.2) is 11.4 Å². The van der Waals surface area contributed by atoms with Gasteiger partial charge in [0.05, 0.1) is 5.69 Å². The third kappa shape index (κ3) is 7.25. The van der Waals surface area contributed by atoms with Gasteiger partial charge in [0.1, 0.15) is 4.49 Å². The highest BCUT2D eigenvalue weighted by molar-refractivity contribution is 8.14. The van der Waals surface area contributed by atoms with Gasteiger partial charge in [0.2, 0.25) is 0 Å². The molecule has 0 heterocycles. The van der Waals surface area contributed by atoms with E-state index in [1.54, 1.807) is 6.08 Å². The summed E-state index contributed by atoms with van der Waals surface area (Å²) < 4.78 is 0.211. The molecule has 20 heavy (non-hydrogen) atoms. The first-order valence-electron chi connectivity index (χ1n) is 5.72. The van der Waals surface area contributed by atoms with Crippen molar-refractivity contribution in [3.63, 3.8) is 0 Å². The maximum Gasteiger partial charge on any atom is 0.183 e. The van der Waals surface area contributed by atoms with Crippen LogP contribution in [0.25, 0.3) is 0 Å². The van der Waals surface area contributed by atoms with E-state index in [1.807, 2.05) is 49.5 Å². The van der Waals surface area contributed by atoms with E-state index in [9.17, 15) is 0 Å². The molecule has 0 spiro atoms. The van der Waals surface area contributed by atoms with Crippen LogP contribution in [-0.2, 0) is 0 Å². The molecule has 0 bridgehead atoms. The van der Waals surface area contributed by atoms with Crippen molar-refractivity contribution in [2.75, 3.05) is 5.75 Å². The maximum atomic E-state index is 8.74. The molecular weight excluding hydrogens is 313 g/mol. The molecule has 1 N–H and O–H groups in total. The first-order valence-corrected chi connectivity index (χ1v) is 7.46. The second-order valence-electron chi connectivity index (χ2n) is 3.75. The number of hydrogen-bond donors (Lipinski definition) is 1. The van der Waals surface area contributed by atoms with Gasteiger partial charge in [-0.25, -0.2) is 4.99 Å². The van der Waals surface area contributed by atoms with Crippen LogP contribution in [0, 0.1) is 11.5 Å². The minimum Gasteiger partial charge on any atom is -0.271 e. The molecule has 0 amide bonds. The number of rotatable bonds is 4. The molecule has 0 aromatic heterocycles. The van der Waals surface area contributed by atoms with Crippen LogP contribution in [0.5, 0.6) is 0 Å². The third-order valence-corrected chi connectivity index (χ3v) is 3.40. The fourth-order valence-corrected chi connectivity index (χ4v) is 2.07. The summed E-state index contributed by atoms with van der Waals surface area (Å²) in [5.74, 6) is 0.678. The first kappa shape index (κ1) is 16.6. The van der Waals surface area contributed by atoms with Crippen LogP contribution in [0.4, 0.5) is 5.69 Å². The molecule has 0 aliphatic carbocycles. The highest BCUT2D eigenvalue weighted by Gasteiger charge is 2.01. The Morgan fingerprint density at radius 2 is 2.05 bits per heavy atom. The van der Waals surface area contributed by atoms with Crippen molar-refractivity contribution in [3.8, 4) is 6.19 Å². The van der Waals surface area contributed by atoms with Gasteiger partial charge >= 0.3 is 0 Å². The van der Waals surface area contributed by atoms with Gasteiger partial charge in [0, 0.05) is 5.75 Å². The SMILES string of the molecule is CC(=CC=C(Cl)Cl)CSC(=Nc1ccccc1)NC#N. The fraction of sp³-hybridized carbons (Fsp3) is 0.143. The van der Waals surface area contributed by atoms with Crippen LogP contribution in [0.15, 0.2) is 57.5 Å². The molecule has 0 saturated heterocycles. The Hall–Kier alpha value is -1.41. The molecule has 6 heteroatoms. The molecule has 0 saturated carbocycles. The van der Waals surface area contributed by atoms with Gasteiger partial charge in [-0.3, -0.25) is 5.32 Å². The van der Waals surface area contributed by atoms with E-state index in [0.717, 1.165) is 11.3 Å². The van der Waals surface area contributed by atoms with Crippen molar-refractivity contribution < 1.29 is 0 Å². The van der Waals surface area contributed by atoms with E-state index in [4.69, 9.17) is 28.5 Å². The van der Waals surface area contributed by atoms with Crippen LogP contribution in [0.1, 0.15) is 6.92 Å². The normalized spacial score (nSPS) is 11.7. The van der Waals surface area contributed by atoms with Crippen molar-refractivity contribution in [3.05, 3.63) is 52.5 Å². The highest BCUT2D eigenvalue weighted by atomic mass is 35.5. The molecule has 0 unspecified atom stereocenters. The molecule has 0 aliphatic rings. The summed E-state index contributed by atoms with van der Waals surface area (Å²) in [5.41, 5.74) is 1.86. The lowest BCUT2D eigenvalue weighted by Crippen LogP contribution is -2.14. The molecule has 104 valence electrons. The topological polar surface area (TPSA) is 48.2 Å². The van der Waals surface area contributed by atoms with Crippen LogP contribution in [0.2, 0.25) is 0 Å². The number of benzene rings is 1. The zero-order valence-electron chi connectivity index (χ0n) is 10.8. The summed E-state index contributed by atoms with van der Waals surface area (Å²) in [6, 6.07) is 9.45. The van der Waals surface area contributed by atoms with E-state index in [-0.39, 0.29) is 4.49 Å². The molecule has 0 fully saturated rings. The quantitative estimate of drug-likeness (QED) is 0.286. The number of nitriles is 1. The lowest BCUT2D eigenvalue weighted by Gasteiger charge is -2.04. The average molecular weight is 326 g/mol. The van der Waals surface area contributed by atoms with Crippen LogP contribution in [0.3, 0.4) is 0 Å². The fourth-order valence-electron chi connectivity index (χ4n) is 1.20. The number of hydrogen-bond acceptors (Lipinski definition) is 3. The van der Waals surface area contributed by atoms with Crippen molar-refractivity contribution in [2.45, 2.75) is 6.92 Å². The molecule has 0 aliphatic heterocycles. The van der Waals surface area contributed by atoms with Crippen LogP contribution in [-0.4, -0.2) is 10.9 Å². The maximum absolute atomic E-state index is 8.74. The molecule has 1 aromatic rings. The molecule has 1 rings (SSSR count). The van der Waals surface area contributed by atoms with E-state index >= 15 is 0 Å². The van der Waals surface area contributed by atoms with Crippen molar-refractivity contribution >= 4 is 45.8 Å². The lowest BCUT2D eigenvalue weighted by atomic mass is 10.3. The Bertz CT molecular complexity index is 556. The van der Waals surface area contributed by atoms with Gasteiger partial charge in [0.25, 0.3) is 0 Å². The summed E-state index contributed by atoms with van der Waals surface area (Å²) >= 11 is 12.5. The minimum atomic E-state index is 0.211. The summed E-state index contributed by atoms with van der Waals surface area (Å²) in [6.45, 7) is 1.95. The zero-order valence-corrected chi connectivity index (χ0v) is 13.1. The summed E-state index contributed by atoms with van der Waals surface area (Å²) in [6.07, 6.45) is 5.33. The predicted molar refractivity (Wildman–Crippen MR) is 88.3 cm³/mol. The lowest BCUT2D eigenvalue weighted by molar-refractivity contribution is 1.28. The number of para-hydroxylation sites is 1. The Kier molecular flexibility index (Phi) is 7.89. The van der Waals surface area contributed by atoms with E-state index < -0.39 is 0 Å². The van der Waals surface area contributed by atoms with Crippen LogP contribution >= 0.6 is 35.0 Å². The largest absolute Gasteiger partial charge is 0.271 e. The van der Waals surface area contributed by atoms with Gasteiger partial charge < -0.3 is 0 Å². The van der Waals surface area contributed by atoms with Crippen molar-refractivity contribution in [2.24, 2.45) is 4.99 Å². The van der Waals surface area contributed by atoms with Crippen molar-refractivity contribution in [1.82, 2.24) is 5.32 Å². The number of allylic oxidation sites excluding steroid dienone is 2. The zero-order chi connectivity index (χ0) is 14.8. The molecular formula is C14H13Cl2N3S. The van der Waals surface area contributed by atoms with Gasteiger partial charge in [-0.1, -0.05) is 64.8 Å². The van der Waals surface area contributed by atoms with Gasteiger partial charge in [-0.15, -0.1) is 0 Å². The average Bonchev–Trinajstić information content (AvgIpc) is 2.44. The Labute approximate surface area is 133 Å². The number of nitrogens with zero attached hydrogens (tertiary/aromatic N) is 2. The molecule has 1 aromatic carbocycles. The summed E-state index contributed by atoms with van der Waals surface area (Å²) in [7, 11) is 0. The number of amidine groups is 1. The minimum absolute atomic E-state index is 0.211. The highest BCUT2D eigenvalue weighted by Crippen LogP contribution is 2.16. The summed E-state index contributed by atoms with van der Waals surface area (Å²) in [4.78, 5) is 4.37.